The Bertz CT molecular complexity index is 436. The SMILES string of the molecule is CC(C)n1c(=O)c(N)c(C2CCCC2)n1C. The molecule has 16 heavy (non-hydrogen) atoms. The molecule has 0 saturated heterocycles. The number of nitrogens with zero attached hydrogens (tertiary/aromatic N) is 2. The summed E-state index contributed by atoms with van der Waals surface area (Å²) in [5.74, 6) is 0.484. The fourth-order valence-electron chi connectivity index (χ4n) is 2.92. The number of aromatic nitrogens is 2. The summed E-state index contributed by atoms with van der Waals surface area (Å²) in [6.45, 7) is 4.03. The van der Waals surface area contributed by atoms with Crippen LogP contribution in [-0.4, -0.2) is 9.36 Å². The van der Waals surface area contributed by atoms with Gasteiger partial charge in [0.1, 0.15) is 5.69 Å². The molecule has 1 aromatic rings. The van der Waals surface area contributed by atoms with Crippen LogP contribution >= 0.6 is 0 Å². The van der Waals surface area contributed by atoms with Gasteiger partial charge in [-0.1, -0.05) is 12.8 Å². The van der Waals surface area contributed by atoms with E-state index in [4.69, 9.17) is 5.73 Å². The van der Waals surface area contributed by atoms with E-state index in [0.717, 1.165) is 5.69 Å². The Morgan fingerprint density at radius 1 is 1.31 bits per heavy atom. The molecule has 0 spiro atoms. The molecular weight excluding hydrogens is 202 g/mol. The van der Waals surface area contributed by atoms with E-state index in [9.17, 15) is 4.79 Å². The molecule has 0 unspecified atom stereocenters. The Labute approximate surface area is 96.0 Å². The number of nitrogens with two attached hydrogens (primary N) is 1. The Balaban J connectivity index is 2.53. The molecule has 0 aromatic carbocycles. The molecule has 1 fully saturated rings. The van der Waals surface area contributed by atoms with E-state index in [1.807, 2.05) is 25.6 Å². The zero-order chi connectivity index (χ0) is 11.9. The Morgan fingerprint density at radius 3 is 2.31 bits per heavy atom. The van der Waals surface area contributed by atoms with E-state index in [1.165, 1.54) is 25.7 Å². The summed E-state index contributed by atoms with van der Waals surface area (Å²) in [7, 11) is 1.95. The lowest BCUT2D eigenvalue weighted by molar-refractivity contribution is 0.420. The Hall–Kier alpha value is -1.19. The number of hydrogen-bond acceptors (Lipinski definition) is 2. The lowest BCUT2D eigenvalue weighted by atomic mass is 10.0. The van der Waals surface area contributed by atoms with Crippen molar-refractivity contribution >= 4 is 5.69 Å². The fourth-order valence-corrected chi connectivity index (χ4v) is 2.92. The molecule has 4 nitrogen and oxygen atoms in total. The van der Waals surface area contributed by atoms with Crippen molar-refractivity contribution in [2.75, 3.05) is 5.73 Å². The van der Waals surface area contributed by atoms with Gasteiger partial charge in [-0.15, -0.1) is 0 Å². The Kier molecular flexibility index (Phi) is 2.82. The first-order valence-electron chi connectivity index (χ1n) is 6.11. The van der Waals surface area contributed by atoms with Crippen LogP contribution in [0.25, 0.3) is 0 Å². The van der Waals surface area contributed by atoms with Gasteiger partial charge in [0.05, 0.1) is 5.69 Å². The van der Waals surface area contributed by atoms with Crippen molar-refractivity contribution in [2.45, 2.75) is 51.5 Å². The molecule has 4 heteroatoms. The van der Waals surface area contributed by atoms with Gasteiger partial charge in [0.15, 0.2) is 0 Å². The second kappa shape index (κ2) is 4.00. The van der Waals surface area contributed by atoms with Gasteiger partial charge < -0.3 is 5.73 Å². The highest BCUT2D eigenvalue weighted by molar-refractivity contribution is 5.44. The zero-order valence-corrected chi connectivity index (χ0v) is 10.4. The summed E-state index contributed by atoms with van der Waals surface area (Å²) in [6, 6.07) is 0.162. The minimum Gasteiger partial charge on any atom is -0.393 e. The summed E-state index contributed by atoms with van der Waals surface area (Å²) in [4.78, 5) is 12.0. The van der Waals surface area contributed by atoms with Gasteiger partial charge in [-0.05, 0) is 26.7 Å². The van der Waals surface area contributed by atoms with Crippen LogP contribution in [0.3, 0.4) is 0 Å². The van der Waals surface area contributed by atoms with Crippen LogP contribution in [0.1, 0.15) is 57.2 Å². The zero-order valence-electron chi connectivity index (χ0n) is 10.4. The molecule has 1 aliphatic carbocycles. The van der Waals surface area contributed by atoms with Crippen molar-refractivity contribution < 1.29 is 0 Å². The maximum absolute atomic E-state index is 12.0. The van der Waals surface area contributed by atoms with Crippen molar-refractivity contribution in [1.82, 2.24) is 9.36 Å². The Morgan fingerprint density at radius 2 is 1.88 bits per heavy atom. The van der Waals surface area contributed by atoms with Gasteiger partial charge in [0.25, 0.3) is 5.56 Å². The first-order valence-corrected chi connectivity index (χ1v) is 6.11. The first kappa shape index (κ1) is 11.3. The predicted octanol–water partition coefficient (Wildman–Crippen LogP) is 2.01. The number of rotatable bonds is 2. The maximum atomic E-state index is 12.0. The van der Waals surface area contributed by atoms with Crippen LogP contribution in [0, 0.1) is 0 Å². The lowest BCUT2D eigenvalue weighted by Crippen LogP contribution is -2.24. The number of hydrogen-bond donors (Lipinski definition) is 1. The van der Waals surface area contributed by atoms with Crippen molar-refractivity contribution in [3.8, 4) is 0 Å². The third-order valence-corrected chi connectivity index (χ3v) is 3.62. The molecule has 0 radical (unpaired) electrons. The summed E-state index contributed by atoms with van der Waals surface area (Å²) in [5, 5.41) is 0. The highest BCUT2D eigenvalue weighted by atomic mass is 16.1. The van der Waals surface area contributed by atoms with Gasteiger partial charge in [-0.3, -0.25) is 9.48 Å². The van der Waals surface area contributed by atoms with E-state index >= 15 is 0 Å². The summed E-state index contributed by atoms with van der Waals surface area (Å²) < 4.78 is 3.72. The van der Waals surface area contributed by atoms with Crippen molar-refractivity contribution in [3.05, 3.63) is 16.0 Å². The molecule has 0 bridgehead atoms. The fraction of sp³-hybridized carbons (Fsp3) is 0.750. The number of anilines is 1. The highest BCUT2D eigenvalue weighted by Crippen LogP contribution is 2.36. The number of nitrogen functional groups attached to an aromatic ring is 1. The van der Waals surface area contributed by atoms with Crippen molar-refractivity contribution in [1.29, 1.82) is 0 Å². The summed E-state index contributed by atoms with van der Waals surface area (Å²) in [5.41, 5.74) is 7.45. The predicted molar refractivity (Wildman–Crippen MR) is 65.7 cm³/mol. The van der Waals surface area contributed by atoms with Gasteiger partial charge in [-0.2, -0.15) is 0 Å². The van der Waals surface area contributed by atoms with Crippen molar-refractivity contribution in [2.24, 2.45) is 7.05 Å². The maximum Gasteiger partial charge on any atom is 0.290 e. The summed E-state index contributed by atoms with van der Waals surface area (Å²) >= 11 is 0. The third kappa shape index (κ3) is 1.56. The topological polar surface area (TPSA) is 52.9 Å². The molecule has 1 aromatic heterocycles. The molecule has 2 rings (SSSR count). The molecule has 0 amide bonds. The monoisotopic (exact) mass is 223 g/mol. The van der Waals surface area contributed by atoms with Crippen LogP contribution in [0.5, 0.6) is 0 Å². The van der Waals surface area contributed by atoms with Gasteiger partial charge in [0.2, 0.25) is 0 Å². The second-order valence-electron chi connectivity index (χ2n) is 5.05. The molecule has 1 aliphatic rings. The second-order valence-corrected chi connectivity index (χ2v) is 5.05. The molecule has 2 N–H and O–H groups in total. The largest absolute Gasteiger partial charge is 0.393 e. The van der Waals surface area contributed by atoms with Gasteiger partial charge in [0, 0.05) is 19.0 Å². The van der Waals surface area contributed by atoms with Crippen LogP contribution < -0.4 is 11.3 Å². The molecule has 0 atom stereocenters. The molecule has 1 heterocycles. The van der Waals surface area contributed by atoms with E-state index in [1.54, 1.807) is 4.68 Å². The van der Waals surface area contributed by atoms with Crippen LogP contribution in [0.15, 0.2) is 4.79 Å². The minimum atomic E-state index is -0.0283. The molecule has 90 valence electrons. The van der Waals surface area contributed by atoms with Crippen LogP contribution in [-0.2, 0) is 7.05 Å². The van der Waals surface area contributed by atoms with Gasteiger partial charge >= 0.3 is 0 Å². The quantitative estimate of drug-likeness (QED) is 0.833. The smallest absolute Gasteiger partial charge is 0.290 e. The standard InChI is InChI=1S/C12H21N3O/c1-8(2)15-12(16)10(13)11(14(15)3)9-6-4-5-7-9/h8-9H,4-7,13H2,1-3H3. The lowest BCUT2D eigenvalue weighted by Gasteiger charge is -2.16. The van der Waals surface area contributed by atoms with E-state index < -0.39 is 0 Å². The van der Waals surface area contributed by atoms with Crippen LogP contribution in [0.4, 0.5) is 5.69 Å². The molecule has 0 aliphatic heterocycles. The van der Waals surface area contributed by atoms with E-state index in [2.05, 4.69) is 0 Å². The average molecular weight is 223 g/mol. The molecule has 1 saturated carbocycles. The molecular formula is C12H21N3O. The van der Waals surface area contributed by atoms with Gasteiger partial charge in [-0.25, -0.2) is 4.68 Å². The highest BCUT2D eigenvalue weighted by Gasteiger charge is 2.26. The minimum absolute atomic E-state index is 0.0283. The summed E-state index contributed by atoms with van der Waals surface area (Å²) in [6.07, 6.45) is 4.84. The van der Waals surface area contributed by atoms with E-state index in [-0.39, 0.29) is 11.6 Å². The first-order chi connectivity index (χ1) is 7.54. The van der Waals surface area contributed by atoms with E-state index in [0.29, 0.717) is 11.6 Å². The third-order valence-electron chi connectivity index (χ3n) is 3.62. The van der Waals surface area contributed by atoms with Crippen LogP contribution in [0.2, 0.25) is 0 Å². The normalized spacial score (nSPS) is 17.5. The average Bonchev–Trinajstić information content (AvgIpc) is 2.76. The van der Waals surface area contributed by atoms with Crippen molar-refractivity contribution in [3.63, 3.8) is 0 Å².